The molecule has 0 spiro atoms. The van der Waals surface area contributed by atoms with E-state index in [9.17, 15) is 4.79 Å². The van der Waals surface area contributed by atoms with Crippen LogP contribution in [0.4, 0.5) is 0 Å². The van der Waals surface area contributed by atoms with E-state index in [0.717, 1.165) is 19.4 Å². The van der Waals surface area contributed by atoms with Crippen LogP contribution in [0.3, 0.4) is 0 Å². The maximum Gasteiger partial charge on any atom is 0.223 e. The second-order valence-electron chi connectivity index (χ2n) is 7.81. The molecule has 0 saturated carbocycles. The van der Waals surface area contributed by atoms with Gasteiger partial charge >= 0.3 is 0 Å². The molecule has 20 heavy (non-hydrogen) atoms. The van der Waals surface area contributed by atoms with E-state index in [1.54, 1.807) is 0 Å². The lowest BCUT2D eigenvalue weighted by Gasteiger charge is -2.34. The van der Waals surface area contributed by atoms with Crippen LogP contribution in [0, 0.1) is 11.8 Å². The number of piperidine rings is 1. The lowest BCUT2D eigenvalue weighted by Crippen LogP contribution is -2.45. The molecule has 1 N–H and O–H groups in total. The Kier molecular flexibility index (Phi) is 4.70. The van der Waals surface area contributed by atoms with Crippen LogP contribution in [0.25, 0.3) is 0 Å². The Hall–Kier alpha value is -0.280. The summed E-state index contributed by atoms with van der Waals surface area (Å²) in [6.07, 6.45) is 7.00. The lowest BCUT2D eigenvalue weighted by atomic mass is 9.89. The van der Waals surface area contributed by atoms with E-state index in [-0.39, 0.29) is 17.9 Å². The highest BCUT2D eigenvalue weighted by atomic mass is 35.5. The fourth-order valence-electron chi connectivity index (χ4n) is 4.72. The molecule has 3 unspecified atom stereocenters. The summed E-state index contributed by atoms with van der Waals surface area (Å²) in [5.41, 5.74) is 0.0718. The van der Waals surface area contributed by atoms with Crippen molar-refractivity contribution < 1.29 is 4.79 Å². The van der Waals surface area contributed by atoms with Gasteiger partial charge in [0.1, 0.15) is 0 Å². The van der Waals surface area contributed by atoms with Crippen LogP contribution in [-0.2, 0) is 4.79 Å². The first-order valence-corrected chi connectivity index (χ1v) is 8.00. The van der Waals surface area contributed by atoms with Gasteiger partial charge < -0.3 is 10.2 Å². The Morgan fingerprint density at radius 3 is 2.35 bits per heavy atom. The number of hydrogen-bond acceptors (Lipinski definition) is 2. The van der Waals surface area contributed by atoms with E-state index in [2.05, 4.69) is 31.0 Å². The molecule has 3 saturated heterocycles. The normalized spacial score (nSPS) is 38.6. The van der Waals surface area contributed by atoms with Crippen molar-refractivity contribution >= 4 is 18.3 Å². The van der Waals surface area contributed by atoms with Crippen molar-refractivity contribution in [1.82, 2.24) is 10.2 Å². The predicted octanol–water partition coefficient (Wildman–Crippen LogP) is 2.98. The second kappa shape index (κ2) is 5.84. The molecule has 116 valence electrons. The quantitative estimate of drug-likeness (QED) is 0.850. The standard InChI is InChI=1S/C16H28N2O.ClH/c1-11-9-16(2,3)18(10-11)15(19)8-12-6-13-4-5-14(7-12)17-13;/h11-14,17H,4-10H2,1-3H3;1H. The predicted molar refractivity (Wildman–Crippen MR) is 84.1 cm³/mol. The summed E-state index contributed by atoms with van der Waals surface area (Å²) in [6, 6.07) is 1.39. The number of halogens is 1. The minimum Gasteiger partial charge on any atom is -0.337 e. The maximum atomic E-state index is 12.6. The Labute approximate surface area is 129 Å². The molecule has 3 atom stereocenters. The molecule has 0 aliphatic carbocycles. The zero-order valence-corrected chi connectivity index (χ0v) is 13.8. The van der Waals surface area contributed by atoms with Crippen molar-refractivity contribution in [2.45, 2.75) is 76.9 Å². The molecule has 0 aromatic carbocycles. The SMILES string of the molecule is CC1CN(C(=O)CC2CC3CCC(C2)N3)C(C)(C)C1.Cl. The number of likely N-dealkylation sites (tertiary alicyclic amines) is 1. The van der Waals surface area contributed by atoms with E-state index in [0.29, 0.717) is 29.8 Å². The van der Waals surface area contributed by atoms with Gasteiger partial charge in [0.05, 0.1) is 0 Å². The molecular weight excluding hydrogens is 272 g/mol. The Balaban J connectivity index is 0.00000147. The molecule has 2 bridgehead atoms. The number of carbonyl (C=O) groups excluding carboxylic acids is 1. The van der Waals surface area contributed by atoms with Crippen molar-refractivity contribution in [2.24, 2.45) is 11.8 Å². The van der Waals surface area contributed by atoms with Crippen LogP contribution in [0.1, 0.15) is 59.3 Å². The molecule has 0 aromatic rings. The summed E-state index contributed by atoms with van der Waals surface area (Å²) in [5.74, 6) is 1.68. The summed E-state index contributed by atoms with van der Waals surface area (Å²) in [6.45, 7) is 7.67. The molecule has 4 heteroatoms. The van der Waals surface area contributed by atoms with Gasteiger partial charge in [-0.3, -0.25) is 4.79 Å². The van der Waals surface area contributed by atoms with Gasteiger partial charge in [0.25, 0.3) is 0 Å². The van der Waals surface area contributed by atoms with Gasteiger partial charge in [-0.2, -0.15) is 0 Å². The lowest BCUT2D eigenvalue weighted by molar-refractivity contribution is -0.135. The number of nitrogens with zero attached hydrogens (tertiary/aromatic N) is 1. The number of hydrogen-bond donors (Lipinski definition) is 1. The van der Waals surface area contributed by atoms with Crippen LogP contribution >= 0.6 is 12.4 Å². The van der Waals surface area contributed by atoms with Gasteiger partial charge in [-0.25, -0.2) is 0 Å². The average Bonchev–Trinajstić information content (AvgIpc) is 2.78. The van der Waals surface area contributed by atoms with Crippen molar-refractivity contribution in [2.75, 3.05) is 6.54 Å². The summed E-state index contributed by atoms with van der Waals surface area (Å²) in [4.78, 5) is 14.8. The number of carbonyl (C=O) groups is 1. The number of amides is 1. The highest BCUT2D eigenvalue weighted by Gasteiger charge is 2.41. The molecule has 3 rings (SSSR count). The van der Waals surface area contributed by atoms with E-state index >= 15 is 0 Å². The summed E-state index contributed by atoms with van der Waals surface area (Å²) in [7, 11) is 0. The fraction of sp³-hybridized carbons (Fsp3) is 0.938. The van der Waals surface area contributed by atoms with Crippen LogP contribution in [0.15, 0.2) is 0 Å². The Morgan fingerprint density at radius 1 is 1.25 bits per heavy atom. The third kappa shape index (κ3) is 3.14. The van der Waals surface area contributed by atoms with E-state index < -0.39 is 0 Å². The van der Waals surface area contributed by atoms with Crippen molar-refractivity contribution in [3.8, 4) is 0 Å². The van der Waals surface area contributed by atoms with Gasteiger partial charge in [-0.15, -0.1) is 12.4 Å². The van der Waals surface area contributed by atoms with Crippen LogP contribution in [0.5, 0.6) is 0 Å². The Morgan fingerprint density at radius 2 is 1.85 bits per heavy atom. The summed E-state index contributed by atoms with van der Waals surface area (Å²) in [5, 5.41) is 3.66. The van der Waals surface area contributed by atoms with Gasteiger partial charge in [0.15, 0.2) is 0 Å². The van der Waals surface area contributed by atoms with Gasteiger partial charge in [0.2, 0.25) is 5.91 Å². The monoisotopic (exact) mass is 300 g/mol. The van der Waals surface area contributed by atoms with Gasteiger partial charge in [-0.05, 0) is 57.8 Å². The highest BCUT2D eigenvalue weighted by Crippen LogP contribution is 2.36. The van der Waals surface area contributed by atoms with Crippen molar-refractivity contribution in [3.05, 3.63) is 0 Å². The zero-order chi connectivity index (χ0) is 13.6. The summed E-state index contributed by atoms with van der Waals surface area (Å²) < 4.78 is 0. The van der Waals surface area contributed by atoms with Crippen molar-refractivity contribution in [1.29, 1.82) is 0 Å². The average molecular weight is 301 g/mol. The van der Waals surface area contributed by atoms with Crippen molar-refractivity contribution in [3.63, 3.8) is 0 Å². The zero-order valence-electron chi connectivity index (χ0n) is 13.0. The largest absolute Gasteiger partial charge is 0.337 e. The minimum absolute atomic E-state index is 0. The van der Waals surface area contributed by atoms with Gasteiger partial charge in [-0.1, -0.05) is 6.92 Å². The highest BCUT2D eigenvalue weighted by molar-refractivity contribution is 5.85. The third-order valence-electron chi connectivity index (χ3n) is 5.41. The van der Waals surface area contributed by atoms with Crippen LogP contribution in [0.2, 0.25) is 0 Å². The molecule has 3 nitrogen and oxygen atoms in total. The number of rotatable bonds is 2. The topological polar surface area (TPSA) is 32.3 Å². The molecule has 0 aromatic heterocycles. The summed E-state index contributed by atoms with van der Waals surface area (Å²) >= 11 is 0. The first kappa shape index (κ1) is 16.1. The number of fused-ring (bicyclic) bond motifs is 2. The first-order chi connectivity index (χ1) is 8.94. The molecule has 3 heterocycles. The van der Waals surface area contributed by atoms with E-state index in [4.69, 9.17) is 0 Å². The second-order valence-corrected chi connectivity index (χ2v) is 7.81. The smallest absolute Gasteiger partial charge is 0.223 e. The van der Waals surface area contributed by atoms with Crippen LogP contribution < -0.4 is 5.32 Å². The van der Waals surface area contributed by atoms with Gasteiger partial charge in [0, 0.05) is 30.6 Å². The molecular formula is C16H29ClN2O. The van der Waals surface area contributed by atoms with Crippen LogP contribution in [-0.4, -0.2) is 35.0 Å². The minimum atomic E-state index is 0. The Bertz CT molecular complexity index is 359. The first-order valence-electron chi connectivity index (χ1n) is 8.00. The van der Waals surface area contributed by atoms with E-state index in [1.807, 2.05) is 0 Å². The molecule has 3 fully saturated rings. The van der Waals surface area contributed by atoms with E-state index in [1.165, 1.54) is 25.7 Å². The molecule has 1 amide bonds. The molecule has 3 aliphatic heterocycles. The maximum absolute atomic E-state index is 12.6. The molecule has 0 radical (unpaired) electrons. The number of nitrogens with one attached hydrogen (secondary N) is 1. The molecule has 3 aliphatic rings. The fourth-order valence-corrected chi connectivity index (χ4v) is 4.72. The third-order valence-corrected chi connectivity index (χ3v) is 5.41.